The van der Waals surface area contributed by atoms with E-state index in [4.69, 9.17) is 10.5 Å². The molecule has 26 heavy (non-hydrogen) atoms. The molecule has 4 rings (SSSR count). The van der Waals surface area contributed by atoms with Gasteiger partial charge in [-0.2, -0.15) is 4.98 Å². The van der Waals surface area contributed by atoms with Gasteiger partial charge in [-0.3, -0.25) is 0 Å². The number of hydrogen-bond donors (Lipinski definition) is 2. The lowest BCUT2D eigenvalue weighted by Gasteiger charge is -2.13. The summed E-state index contributed by atoms with van der Waals surface area (Å²) in [4.78, 5) is 8.20. The number of aromatic nitrogens is 2. The third-order valence-corrected chi connectivity index (χ3v) is 3.93. The molecule has 0 bridgehead atoms. The summed E-state index contributed by atoms with van der Waals surface area (Å²) in [5.74, 6) is 0.711. The number of nitrogen functional groups attached to an aromatic ring is 1. The van der Waals surface area contributed by atoms with Gasteiger partial charge in [-0.1, -0.05) is 48.5 Å². The molecule has 6 heteroatoms. The van der Waals surface area contributed by atoms with E-state index in [1.165, 1.54) is 12.4 Å². The molecule has 0 atom stereocenters. The minimum absolute atomic E-state index is 0.198. The Balaban J connectivity index is 1.69. The Hall–Kier alpha value is -3.67. The largest absolute Gasteiger partial charge is 0.436 e. The van der Waals surface area contributed by atoms with Gasteiger partial charge < -0.3 is 15.8 Å². The minimum Gasteiger partial charge on any atom is -0.436 e. The fourth-order valence-electron chi connectivity index (χ4n) is 2.64. The third kappa shape index (κ3) is 3.00. The van der Waals surface area contributed by atoms with Crippen LogP contribution in [0.5, 0.6) is 11.6 Å². The SMILES string of the molecule is Nc1c(Nc2ccccc2F)ncnc1Oc1cccc2ccccc12. The predicted octanol–water partition coefficient (Wildman–Crippen LogP) is 4.89. The summed E-state index contributed by atoms with van der Waals surface area (Å²) in [5.41, 5.74) is 6.61. The lowest BCUT2D eigenvalue weighted by molar-refractivity contribution is 0.470. The molecular weight excluding hydrogens is 331 g/mol. The molecule has 3 N–H and O–H groups in total. The molecule has 1 aromatic heterocycles. The van der Waals surface area contributed by atoms with Crippen LogP contribution >= 0.6 is 0 Å². The Morgan fingerprint density at radius 2 is 1.65 bits per heavy atom. The summed E-state index contributed by atoms with van der Waals surface area (Å²) in [7, 11) is 0. The number of benzene rings is 3. The summed E-state index contributed by atoms with van der Waals surface area (Å²) < 4.78 is 19.8. The van der Waals surface area contributed by atoms with E-state index < -0.39 is 5.82 Å². The Kier molecular flexibility index (Phi) is 4.07. The Morgan fingerprint density at radius 3 is 2.54 bits per heavy atom. The number of nitrogens with two attached hydrogens (primary N) is 1. The molecule has 128 valence electrons. The number of halogens is 1. The van der Waals surface area contributed by atoms with Gasteiger partial charge in [0.25, 0.3) is 0 Å². The zero-order chi connectivity index (χ0) is 17.9. The Bertz CT molecular complexity index is 1080. The molecule has 3 aromatic carbocycles. The molecule has 5 nitrogen and oxygen atoms in total. The number of ether oxygens (including phenoxy) is 1. The van der Waals surface area contributed by atoms with Crippen molar-refractivity contribution in [1.82, 2.24) is 9.97 Å². The van der Waals surface area contributed by atoms with Crippen LogP contribution in [0.2, 0.25) is 0 Å². The highest BCUT2D eigenvalue weighted by Crippen LogP contribution is 2.34. The average Bonchev–Trinajstić information content (AvgIpc) is 2.67. The van der Waals surface area contributed by atoms with Crippen LogP contribution in [0.1, 0.15) is 0 Å². The normalized spacial score (nSPS) is 10.7. The lowest BCUT2D eigenvalue weighted by Crippen LogP contribution is -2.04. The van der Waals surface area contributed by atoms with Gasteiger partial charge in [0, 0.05) is 5.39 Å². The van der Waals surface area contributed by atoms with Crippen molar-refractivity contribution in [2.45, 2.75) is 0 Å². The number of hydrogen-bond acceptors (Lipinski definition) is 5. The second-order valence-electron chi connectivity index (χ2n) is 5.63. The molecule has 0 aliphatic heterocycles. The number of rotatable bonds is 4. The fraction of sp³-hybridized carbons (Fsp3) is 0. The predicted molar refractivity (Wildman–Crippen MR) is 100 cm³/mol. The van der Waals surface area contributed by atoms with Gasteiger partial charge in [0.2, 0.25) is 5.88 Å². The van der Waals surface area contributed by atoms with Gasteiger partial charge >= 0.3 is 0 Å². The maximum atomic E-state index is 13.9. The topological polar surface area (TPSA) is 73.1 Å². The molecule has 0 unspecified atom stereocenters. The molecule has 0 saturated heterocycles. The first-order chi connectivity index (χ1) is 12.7. The third-order valence-electron chi connectivity index (χ3n) is 3.93. The van der Waals surface area contributed by atoms with Crippen molar-refractivity contribution in [2.75, 3.05) is 11.1 Å². The van der Waals surface area contributed by atoms with Crippen LogP contribution in [0.4, 0.5) is 21.6 Å². The van der Waals surface area contributed by atoms with Crippen molar-refractivity contribution in [3.8, 4) is 11.6 Å². The molecule has 0 aliphatic rings. The summed E-state index contributed by atoms with van der Waals surface area (Å²) >= 11 is 0. The van der Waals surface area contributed by atoms with E-state index in [2.05, 4.69) is 15.3 Å². The van der Waals surface area contributed by atoms with Crippen LogP contribution in [0, 0.1) is 5.82 Å². The van der Waals surface area contributed by atoms with E-state index in [1.807, 2.05) is 42.5 Å². The minimum atomic E-state index is -0.401. The molecule has 0 aliphatic carbocycles. The second-order valence-corrected chi connectivity index (χ2v) is 5.63. The standard InChI is InChI=1S/C20H15FN4O/c21-15-9-3-4-10-16(15)25-19-18(22)20(24-12-23-19)26-17-11-5-7-13-6-1-2-8-14(13)17/h1-12H,22H2,(H,23,24,25). The Morgan fingerprint density at radius 1 is 0.885 bits per heavy atom. The van der Waals surface area contributed by atoms with Gasteiger partial charge in [0.1, 0.15) is 23.6 Å². The number of anilines is 3. The quantitative estimate of drug-likeness (QED) is 0.550. The maximum Gasteiger partial charge on any atom is 0.248 e. The van der Waals surface area contributed by atoms with Crippen molar-refractivity contribution < 1.29 is 9.13 Å². The van der Waals surface area contributed by atoms with Crippen LogP contribution < -0.4 is 15.8 Å². The average molecular weight is 346 g/mol. The van der Waals surface area contributed by atoms with Gasteiger partial charge in [-0.25, -0.2) is 9.37 Å². The summed E-state index contributed by atoms with van der Waals surface area (Å²) in [6.07, 6.45) is 1.32. The first-order valence-corrected chi connectivity index (χ1v) is 8.00. The van der Waals surface area contributed by atoms with Crippen LogP contribution in [-0.4, -0.2) is 9.97 Å². The monoisotopic (exact) mass is 346 g/mol. The van der Waals surface area contributed by atoms with Gasteiger partial charge in [-0.15, -0.1) is 0 Å². The first-order valence-electron chi connectivity index (χ1n) is 8.00. The van der Waals surface area contributed by atoms with Crippen molar-refractivity contribution in [3.05, 3.63) is 78.9 Å². The van der Waals surface area contributed by atoms with Crippen LogP contribution in [0.25, 0.3) is 10.8 Å². The van der Waals surface area contributed by atoms with E-state index in [0.29, 0.717) is 5.75 Å². The number of para-hydroxylation sites is 1. The molecule has 0 spiro atoms. The van der Waals surface area contributed by atoms with E-state index in [-0.39, 0.29) is 23.1 Å². The summed E-state index contributed by atoms with van der Waals surface area (Å²) in [5, 5.41) is 4.86. The molecule has 0 amide bonds. The number of fused-ring (bicyclic) bond motifs is 1. The summed E-state index contributed by atoms with van der Waals surface area (Å²) in [6, 6.07) is 19.9. The zero-order valence-electron chi connectivity index (χ0n) is 13.7. The van der Waals surface area contributed by atoms with Crippen molar-refractivity contribution in [1.29, 1.82) is 0 Å². The molecular formula is C20H15FN4O. The Labute approximate surface area is 149 Å². The maximum absolute atomic E-state index is 13.9. The second kappa shape index (κ2) is 6.68. The highest BCUT2D eigenvalue weighted by Gasteiger charge is 2.13. The summed E-state index contributed by atoms with van der Waals surface area (Å²) in [6.45, 7) is 0. The van der Waals surface area contributed by atoms with E-state index >= 15 is 0 Å². The zero-order valence-corrected chi connectivity index (χ0v) is 13.7. The van der Waals surface area contributed by atoms with Crippen LogP contribution in [0.3, 0.4) is 0 Å². The van der Waals surface area contributed by atoms with Crippen molar-refractivity contribution in [3.63, 3.8) is 0 Å². The number of nitrogens with zero attached hydrogens (tertiary/aromatic N) is 2. The van der Waals surface area contributed by atoms with Crippen LogP contribution in [0.15, 0.2) is 73.1 Å². The molecule has 0 fully saturated rings. The molecule has 0 saturated carbocycles. The molecule has 1 heterocycles. The molecule has 0 radical (unpaired) electrons. The van der Waals surface area contributed by atoms with Gasteiger partial charge in [0.05, 0.1) is 5.69 Å². The lowest BCUT2D eigenvalue weighted by atomic mass is 10.1. The highest BCUT2D eigenvalue weighted by atomic mass is 19.1. The number of nitrogens with one attached hydrogen (secondary N) is 1. The van der Waals surface area contributed by atoms with E-state index in [1.54, 1.807) is 18.2 Å². The van der Waals surface area contributed by atoms with Crippen LogP contribution in [-0.2, 0) is 0 Å². The van der Waals surface area contributed by atoms with Gasteiger partial charge in [0.15, 0.2) is 5.82 Å². The molecule has 4 aromatic rings. The van der Waals surface area contributed by atoms with Crippen molar-refractivity contribution in [2.24, 2.45) is 0 Å². The highest BCUT2D eigenvalue weighted by molar-refractivity contribution is 5.88. The fourth-order valence-corrected chi connectivity index (χ4v) is 2.64. The van der Waals surface area contributed by atoms with Crippen molar-refractivity contribution >= 4 is 28.0 Å². The van der Waals surface area contributed by atoms with Gasteiger partial charge in [-0.05, 0) is 23.6 Å². The van der Waals surface area contributed by atoms with E-state index in [9.17, 15) is 4.39 Å². The van der Waals surface area contributed by atoms with E-state index in [0.717, 1.165) is 10.8 Å². The smallest absolute Gasteiger partial charge is 0.248 e. The first kappa shape index (κ1) is 15.8.